The van der Waals surface area contributed by atoms with Crippen molar-refractivity contribution in [3.8, 4) is 5.75 Å². The van der Waals surface area contributed by atoms with Crippen LogP contribution in [0.5, 0.6) is 5.75 Å². The molecule has 20 heavy (non-hydrogen) atoms. The summed E-state index contributed by atoms with van der Waals surface area (Å²) in [7, 11) is 0. The zero-order chi connectivity index (χ0) is 14.7. The Kier molecular flexibility index (Phi) is 3.93. The maximum atomic E-state index is 13.5. The van der Waals surface area contributed by atoms with Gasteiger partial charge in [0, 0.05) is 11.6 Å². The molecule has 0 saturated heterocycles. The SMILES string of the molecule is O=C(O)c1cccc(F)c1OCc1ccc(F)cc1F. The van der Waals surface area contributed by atoms with Gasteiger partial charge in [0.1, 0.15) is 23.8 Å². The van der Waals surface area contributed by atoms with Crippen LogP contribution >= 0.6 is 0 Å². The molecule has 0 bridgehead atoms. The van der Waals surface area contributed by atoms with Crippen molar-refractivity contribution in [2.45, 2.75) is 6.61 Å². The number of para-hydroxylation sites is 1. The molecule has 3 nitrogen and oxygen atoms in total. The number of ether oxygens (including phenoxy) is 1. The van der Waals surface area contributed by atoms with Gasteiger partial charge < -0.3 is 9.84 Å². The van der Waals surface area contributed by atoms with Crippen molar-refractivity contribution in [1.82, 2.24) is 0 Å². The van der Waals surface area contributed by atoms with E-state index in [4.69, 9.17) is 9.84 Å². The summed E-state index contributed by atoms with van der Waals surface area (Å²) >= 11 is 0. The van der Waals surface area contributed by atoms with E-state index in [1.54, 1.807) is 0 Å². The van der Waals surface area contributed by atoms with Gasteiger partial charge in [0.05, 0.1) is 0 Å². The van der Waals surface area contributed by atoms with Crippen molar-refractivity contribution < 1.29 is 27.8 Å². The normalized spacial score (nSPS) is 10.3. The van der Waals surface area contributed by atoms with Crippen LogP contribution in [0.15, 0.2) is 36.4 Å². The summed E-state index contributed by atoms with van der Waals surface area (Å²) in [5, 5.41) is 8.91. The Hall–Kier alpha value is -2.50. The van der Waals surface area contributed by atoms with Gasteiger partial charge in [-0.25, -0.2) is 18.0 Å². The average molecular weight is 282 g/mol. The number of aromatic carboxylic acids is 1. The topological polar surface area (TPSA) is 46.5 Å². The molecular formula is C14H9F3O3. The van der Waals surface area contributed by atoms with E-state index in [1.807, 2.05) is 0 Å². The van der Waals surface area contributed by atoms with Gasteiger partial charge in [-0.05, 0) is 24.3 Å². The molecule has 104 valence electrons. The lowest BCUT2D eigenvalue weighted by molar-refractivity contribution is 0.0690. The summed E-state index contributed by atoms with van der Waals surface area (Å²) in [5.74, 6) is -4.31. The Morgan fingerprint density at radius 2 is 1.85 bits per heavy atom. The number of hydrogen-bond acceptors (Lipinski definition) is 2. The van der Waals surface area contributed by atoms with Gasteiger partial charge in [0.15, 0.2) is 11.6 Å². The number of carboxylic acid groups (broad SMARTS) is 1. The maximum Gasteiger partial charge on any atom is 0.339 e. The molecule has 2 rings (SSSR count). The lowest BCUT2D eigenvalue weighted by Gasteiger charge is -2.10. The predicted molar refractivity (Wildman–Crippen MR) is 64.0 cm³/mol. The van der Waals surface area contributed by atoms with Crippen LogP contribution in [-0.4, -0.2) is 11.1 Å². The molecule has 0 atom stereocenters. The molecule has 0 aliphatic carbocycles. The molecule has 6 heteroatoms. The van der Waals surface area contributed by atoms with Crippen LogP contribution in [0.3, 0.4) is 0 Å². The zero-order valence-electron chi connectivity index (χ0n) is 10.1. The number of hydrogen-bond donors (Lipinski definition) is 1. The van der Waals surface area contributed by atoms with E-state index in [0.29, 0.717) is 6.07 Å². The van der Waals surface area contributed by atoms with Gasteiger partial charge in [0.25, 0.3) is 0 Å². The number of halogens is 3. The van der Waals surface area contributed by atoms with Gasteiger partial charge >= 0.3 is 5.97 Å². The Labute approximate surface area is 112 Å². The highest BCUT2D eigenvalue weighted by Gasteiger charge is 2.16. The zero-order valence-corrected chi connectivity index (χ0v) is 10.1. The Morgan fingerprint density at radius 1 is 1.10 bits per heavy atom. The fourth-order valence-corrected chi connectivity index (χ4v) is 1.61. The van der Waals surface area contributed by atoms with Crippen molar-refractivity contribution >= 4 is 5.97 Å². The predicted octanol–water partition coefficient (Wildman–Crippen LogP) is 3.38. The van der Waals surface area contributed by atoms with Crippen molar-refractivity contribution in [2.24, 2.45) is 0 Å². The standard InChI is InChI=1S/C14H9F3O3/c15-9-5-4-8(12(17)6-9)7-20-13-10(14(18)19)2-1-3-11(13)16/h1-6H,7H2,(H,18,19). The van der Waals surface area contributed by atoms with Crippen LogP contribution in [0.25, 0.3) is 0 Å². The van der Waals surface area contributed by atoms with E-state index in [1.165, 1.54) is 12.1 Å². The second kappa shape index (κ2) is 5.64. The van der Waals surface area contributed by atoms with E-state index in [0.717, 1.165) is 18.2 Å². The number of benzene rings is 2. The monoisotopic (exact) mass is 282 g/mol. The van der Waals surface area contributed by atoms with Gasteiger partial charge in [-0.3, -0.25) is 0 Å². The largest absolute Gasteiger partial charge is 0.485 e. The van der Waals surface area contributed by atoms with Crippen LogP contribution in [0.2, 0.25) is 0 Å². The molecule has 1 N–H and O–H groups in total. The van der Waals surface area contributed by atoms with E-state index in [-0.39, 0.29) is 11.1 Å². The highest BCUT2D eigenvalue weighted by atomic mass is 19.1. The average Bonchev–Trinajstić information content (AvgIpc) is 2.38. The lowest BCUT2D eigenvalue weighted by Crippen LogP contribution is -2.06. The quantitative estimate of drug-likeness (QED) is 0.935. The summed E-state index contributed by atoms with van der Waals surface area (Å²) in [6.07, 6.45) is 0. The van der Waals surface area contributed by atoms with Crippen molar-refractivity contribution in [3.63, 3.8) is 0 Å². The highest BCUT2D eigenvalue weighted by Crippen LogP contribution is 2.24. The van der Waals surface area contributed by atoms with Crippen LogP contribution in [-0.2, 0) is 6.61 Å². The first-order valence-corrected chi connectivity index (χ1v) is 5.57. The van der Waals surface area contributed by atoms with Gasteiger partial charge in [0.2, 0.25) is 0 Å². The lowest BCUT2D eigenvalue weighted by atomic mass is 10.2. The third-order valence-electron chi connectivity index (χ3n) is 2.58. The fraction of sp³-hybridized carbons (Fsp3) is 0.0714. The first kappa shape index (κ1) is 13.9. The van der Waals surface area contributed by atoms with Crippen LogP contribution in [0.1, 0.15) is 15.9 Å². The summed E-state index contributed by atoms with van der Waals surface area (Å²) in [6.45, 7) is -0.409. The Morgan fingerprint density at radius 3 is 2.50 bits per heavy atom. The molecule has 2 aromatic carbocycles. The van der Waals surface area contributed by atoms with Crippen molar-refractivity contribution in [2.75, 3.05) is 0 Å². The molecule has 0 unspecified atom stereocenters. The van der Waals surface area contributed by atoms with Crippen LogP contribution in [0.4, 0.5) is 13.2 Å². The first-order valence-electron chi connectivity index (χ1n) is 5.57. The molecule has 0 spiro atoms. The smallest absolute Gasteiger partial charge is 0.339 e. The fourth-order valence-electron chi connectivity index (χ4n) is 1.61. The van der Waals surface area contributed by atoms with Gasteiger partial charge in [-0.15, -0.1) is 0 Å². The molecule has 0 aliphatic heterocycles. The first-order chi connectivity index (χ1) is 9.49. The molecule has 0 amide bonds. The summed E-state index contributed by atoms with van der Waals surface area (Å²) in [4.78, 5) is 10.9. The summed E-state index contributed by atoms with van der Waals surface area (Å²) < 4.78 is 44.7. The highest BCUT2D eigenvalue weighted by molar-refractivity contribution is 5.90. The van der Waals surface area contributed by atoms with E-state index < -0.39 is 35.8 Å². The van der Waals surface area contributed by atoms with Crippen molar-refractivity contribution in [3.05, 3.63) is 65.0 Å². The van der Waals surface area contributed by atoms with E-state index in [2.05, 4.69) is 0 Å². The summed E-state index contributed by atoms with van der Waals surface area (Å²) in [6, 6.07) is 6.26. The third-order valence-corrected chi connectivity index (χ3v) is 2.58. The van der Waals surface area contributed by atoms with Gasteiger partial charge in [-0.1, -0.05) is 6.07 Å². The summed E-state index contributed by atoms with van der Waals surface area (Å²) in [5.41, 5.74) is -0.376. The van der Waals surface area contributed by atoms with E-state index in [9.17, 15) is 18.0 Å². The minimum Gasteiger partial charge on any atom is -0.485 e. The number of carbonyl (C=O) groups is 1. The van der Waals surface area contributed by atoms with Crippen molar-refractivity contribution in [1.29, 1.82) is 0 Å². The molecule has 0 fully saturated rings. The second-order valence-corrected chi connectivity index (χ2v) is 3.95. The minimum absolute atomic E-state index is 0.00834. The van der Waals surface area contributed by atoms with E-state index >= 15 is 0 Å². The minimum atomic E-state index is -1.36. The molecular weight excluding hydrogens is 273 g/mol. The van der Waals surface area contributed by atoms with Gasteiger partial charge in [-0.2, -0.15) is 0 Å². The maximum absolute atomic E-state index is 13.5. The Bertz CT molecular complexity index is 656. The number of rotatable bonds is 4. The molecule has 0 aromatic heterocycles. The molecule has 0 saturated carbocycles. The second-order valence-electron chi connectivity index (χ2n) is 3.95. The third kappa shape index (κ3) is 2.90. The van der Waals surface area contributed by atoms with Crippen LogP contribution in [0, 0.1) is 17.5 Å². The molecule has 0 aliphatic rings. The molecule has 2 aromatic rings. The number of carboxylic acids is 1. The Balaban J connectivity index is 2.25. The molecule has 0 radical (unpaired) electrons. The van der Waals surface area contributed by atoms with Crippen LogP contribution < -0.4 is 4.74 Å². The molecule has 0 heterocycles.